The molecule has 0 amide bonds. The van der Waals surface area contributed by atoms with Gasteiger partial charge in [-0.05, 0) is 45.5 Å². The Kier molecular flexibility index (Phi) is 5.69. The highest BCUT2D eigenvalue weighted by atomic mass is 15.4. The van der Waals surface area contributed by atoms with Crippen LogP contribution >= 0.6 is 0 Å². The average Bonchev–Trinajstić information content (AvgIpc) is 3.10. The number of hydrogen-bond donors (Lipinski definition) is 0. The fraction of sp³-hybridized carbons (Fsp3) is 0.650. The molecule has 0 spiro atoms. The van der Waals surface area contributed by atoms with Crippen molar-refractivity contribution in [1.82, 2.24) is 29.5 Å². The van der Waals surface area contributed by atoms with Gasteiger partial charge in [-0.1, -0.05) is 12.5 Å². The minimum absolute atomic E-state index is 0.685. The molecule has 0 N–H and O–H groups in total. The van der Waals surface area contributed by atoms with E-state index < -0.39 is 0 Å². The van der Waals surface area contributed by atoms with E-state index in [1.165, 1.54) is 25.8 Å². The van der Waals surface area contributed by atoms with Crippen LogP contribution in [0.2, 0.25) is 0 Å². The Labute approximate surface area is 162 Å². The maximum absolute atomic E-state index is 4.59. The van der Waals surface area contributed by atoms with Gasteiger partial charge in [-0.2, -0.15) is 0 Å². The van der Waals surface area contributed by atoms with E-state index in [1.54, 1.807) is 0 Å². The summed E-state index contributed by atoms with van der Waals surface area (Å²) in [6.45, 7) is 9.24. The van der Waals surface area contributed by atoms with Gasteiger partial charge in [-0.25, -0.2) is 0 Å². The molecule has 1 unspecified atom stereocenters. The van der Waals surface area contributed by atoms with Crippen molar-refractivity contribution in [3.8, 4) is 0 Å². The lowest BCUT2D eigenvalue weighted by atomic mass is 10.00. The highest BCUT2D eigenvalue weighted by molar-refractivity contribution is 5.33. The zero-order chi connectivity index (χ0) is 18.6. The summed E-state index contributed by atoms with van der Waals surface area (Å²) in [5.41, 5.74) is 1.08. The normalized spacial score (nSPS) is 20.9. The van der Waals surface area contributed by atoms with Crippen LogP contribution in [0.5, 0.6) is 0 Å². The predicted octanol–water partition coefficient (Wildman–Crippen LogP) is 2.00. The fourth-order valence-corrected chi connectivity index (χ4v) is 4.40. The van der Waals surface area contributed by atoms with Crippen LogP contribution < -0.4 is 4.90 Å². The van der Waals surface area contributed by atoms with Crippen molar-refractivity contribution < 1.29 is 0 Å². The Morgan fingerprint density at radius 3 is 2.85 bits per heavy atom. The maximum Gasteiger partial charge on any atom is 0.227 e. The first kappa shape index (κ1) is 18.4. The van der Waals surface area contributed by atoms with Crippen LogP contribution in [0.4, 0.5) is 5.95 Å². The molecule has 0 aliphatic carbocycles. The van der Waals surface area contributed by atoms with Gasteiger partial charge in [-0.15, -0.1) is 10.2 Å². The molecule has 0 saturated carbocycles. The van der Waals surface area contributed by atoms with E-state index in [0.29, 0.717) is 6.04 Å². The number of piperidine rings is 1. The topological polar surface area (TPSA) is 53.3 Å². The predicted molar refractivity (Wildman–Crippen MR) is 107 cm³/mol. The summed E-state index contributed by atoms with van der Waals surface area (Å²) in [7, 11) is 2.11. The molecule has 7 heteroatoms. The van der Waals surface area contributed by atoms with Crippen molar-refractivity contribution in [2.75, 3.05) is 38.1 Å². The highest BCUT2D eigenvalue weighted by Gasteiger charge is 2.31. The number of anilines is 1. The Morgan fingerprint density at radius 1 is 1.11 bits per heavy atom. The standard InChI is InChI=1S/C20H31N7/c1-3-27-19(16-24(2)14-17-8-4-6-10-21-17)22-23-20(27)26-13-12-25-11-7-5-9-18(25)15-26/h4,6,8,10,18H,3,5,7,9,11-16H2,1-2H3. The largest absolute Gasteiger partial charge is 0.338 e. The summed E-state index contributed by atoms with van der Waals surface area (Å²) in [5, 5.41) is 9.13. The molecular weight excluding hydrogens is 338 g/mol. The molecule has 4 heterocycles. The molecule has 2 fully saturated rings. The first-order chi connectivity index (χ1) is 13.2. The second-order valence-corrected chi connectivity index (χ2v) is 7.79. The van der Waals surface area contributed by atoms with Crippen molar-refractivity contribution in [1.29, 1.82) is 0 Å². The summed E-state index contributed by atoms with van der Waals surface area (Å²) in [6.07, 6.45) is 5.88. The molecule has 2 saturated heterocycles. The zero-order valence-corrected chi connectivity index (χ0v) is 16.6. The molecular formula is C20H31N7. The number of aromatic nitrogens is 4. The van der Waals surface area contributed by atoms with Gasteiger partial charge in [0.05, 0.1) is 12.2 Å². The summed E-state index contributed by atoms with van der Waals surface area (Å²) < 4.78 is 2.29. The number of nitrogens with zero attached hydrogens (tertiary/aromatic N) is 7. The molecule has 2 aliphatic rings. The number of rotatable bonds is 6. The second kappa shape index (κ2) is 8.35. The number of hydrogen-bond acceptors (Lipinski definition) is 6. The van der Waals surface area contributed by atoms with E-state index in [2.05, 4.69) is 54.5 Å². The van der Waals surface area contributed by atoms with Crippen LogP contribution in [0.1, 0.15) is 37.7 Å². The van der Waals surface area contributed by atoms with E-state index >= 15 is 0 Å². The number of pyridine rings is 1. The third-order valence-electron chi connectivity index (χ3n) is 5.81. The Bertz CT molecular complexity index is 729. The molecule has 2 aromatic heterocycles. The molecule has 4 rings (SSSR count). The molecule has 0 radical (unpaired) electrons. The lowest BCUT2D eigenvalue weighted by Gasteiger charge is -2.44. The van der Waals surface area contributed by atoms with Crippen molar-refractivity contribution in [3.05, 3.63) is 35.9 Å². The smallest absolute Gasteiger partial charge is 0.227 e. The lowest BCUT2D eigenvalue weighted by molar-refractivity contribution is 0.132. The van der Waals surface area contributed by atoms with Crippen LogP contribution in [-0.4, -0.2) is 68.8 Å². The van der Waals surface area contributed by atoms with Gasteiger partial charge in [0.25, 0.3) is 0 Å². The molecule has 0 bridgehead atoms. The molecule has 146 valence electrons. The van der Waals surface area contributed by atoms with Gasteiger partial charge >= 0.3 is 0 Å². The van der Waals surface area contributed by atoms with Gasteiger partial charge in [-0.3, -0.25) is 19.4 Å². The van der Waals surface area contributed by atoms with E-state index in [4.69, 9.17) is 0 Å². The van der Waals surface area contributed by atoms with Crippen molar-refractivity contribution in [3.63, 3.8) is 0 Å². The number of piperazine rings is 1. The maximum atomic E-state index is 4.59. The van der Waals surface area contributed by atoms with Crippen molar-refractivity contribution in [2.24, 2.45) is 0 Å². The van der Waals surface area contributed by atoms with E-state index in [1.807, 2.05) is 18.3 Å². The summed E-state index contributed by atoms with van der Waals surface area (Å²) in [5.74, 6) is 2.08. The first-order valence-electron chi connectivity index (χ1n) is 10.2. The van der Waals surface area contributed by atoms with Gasteiger partial charge < -0.3 is 4.90 Å². The molecule has 2 aliphatic heterocycles. The Hall–Kier alpha value is -1.99. The van der Waals surface area contributed by atoms with Gasteiger partial charge in [0.1, 0.15) is 5.82 Å². The first-order valence-corrected chi connectivity index (χ1v) is 10.2. The molecule has 2 aromatic rings. The van der Waals surface area contributed by atoms with Crippen molar-refractivity contribution >= 4 is 5.95 Å². The minimum Gasteiger partial charge on any atom is -0.338 e. The van der Waals surface area contributed by atoms with Crippen molar-refractivity contribution in [2.45, 2.75) is 51.9 Å². The number of fused-ring (bicyclic) bond motifs is 1. The van der Waals surface area contributed by atoms with Gasteiger partial charge in [0, 0.05) is 45.0 Å². The summed E-state index contributed by atoms with van der Waals surface area (Å²) in [6, 6.07) is 6.74. The zero-order valence-electron chi connectivity index (χ0n) is 16.6. The van der Waals surface area contributed by atoms with Crippen LogP contribution in [-0.2, 0) is 19.6 Å². The minimum atomic E-state index is 0.685. The van der Waals surface area contributed by atoms with Crippen LogP contribution in [0, 0.1) is 0 Å². The van der Waals surface area contributed by atoms with Gasteiger partial charge in [0.15, 0.2) is 0 Å². The Balaban J connectivity index is 1.44. The second-order valence-electron chi connectivity index (χ2n) is 7.79. The third kappa shape index (κ3) is 4.14. The van der Waals surface area contributed by atoms with E-state index in [0.717, 1.165) is 56.7 Å². The third-order valence-corrected chi connectivity index (χ3v) is 5.81. The van der Waals surface area contributed by atoms with E-state index in [-0.39, 0.29) is 0 Å². The fourth-order valence-electron chi connectivity index (χ4n) is 4.40. The molecule has 1 atom stereocenters. The summed E-state index contributed by atoms with van der Waals surface area (Å²) in [4.78, 5) is 11.8. The molecule has 27 heavy (non-hydrogen) atoms. The average molecular weight is 370 g/mol. The Morgan fingerprint density at radius 2 is 2.04 bits per heavy atom. The van der Waals surface area contributed by atoms with E-state index in [9.17, 15) is 0 Å². The highest BCUT2D eigenvalue weighted by Crippen LogP contribution is 2.24. The lowest BCUT2D eigenvalue weighted by Crippen LogP contribution is -2.55. The summed E-state index contributed by atoms with van der Waals surface area (Å²) >= 11 is 0. The van der Waals surface area contributed by atoms with Crippen LogP contribution in [0.15, 0.2) is 24.4 Å². The molecule has 7 nitrogen and oxygen atoms in total. The SMILES string of the molecule is CCn1c(CN(C)Cc2ccccn2)nnc1N1CCN2CCCCC2C1. The van der Waals surface area contributed by atoms with Crippen LogP contribution in [0.3, 0.4) is 0 Å². The quantitative estimate of drug-likeness (QED) is 0.776. The molecule has 0 aromatic carbocycles. The monoisotopic (exact) mass is 369 g/mol. The van der Waals surface area contributed by atoms with Crippen LogP contribution in [0.25, 0.3) is 0 Å². The van der Waals surface area contributed by atoms with Gasteiger partial charge in [0.2, 0.25) is 5.95 Å².